The summed E-state index contributed by atoms with van der Waals surface area (Å²) in [7, 11) is 0. The number of hydrogen-bond donors (Lipinski definition) is 1. The third-order valence-electron chi connectivity index (χ3n) is 4.17. The van der Waals surface area contributed by atoms with E-state index < -0.39 is 11.6 Å². The molecule has 1 aromatic rings. The molecule has 2 aliphatic heterocycles. The number of aromatic carboxylic acids is 1. The van der Waals surface area contributed by atoms with Crippen LogP contribution in [-0.4, -0.2) is 60.4 Å². The highest BCUT2D eigenvalue weighted by Crippen LogP contribution is 2.28. The van der Waals surface area contributed by atoms with Gasteiger partial charge in [-0.15, -0.1) is 0 Å². The number of nitrogens with zero attached hydrogens (tertiary/aromatic N) is 1. The molecule has 2 heterocycles. The lowest BCUT2D eigenvalue weighted by Gasteiger charge is -2.39. The van der Waals surface area contributed by atoms with Crippen molar-refractivity contribution in [2.75, 3.05) is 32.9 Å². The lowest BCUT2D eigenvalue weighted by atomic mass is 9.99. The number of amides is 1. The summed E-state index contributed by atoms with van der Waals surface area (Å²) in [5.41, 5.74) is 0.909. The third-order valence-corrected chi connectivity index (χ3v) is 4.17. The van der Waals surface area contributed by atoms with Crippen molar-refractivity contribution >= 4 is 11.9 Å². The van der Waals surface area contributed by atoms with Crippen LogP contribution in [0.1, 0.15) is 32.7 Å². The first-order chi connectivity index (χ1) is 10.5. The smallest absolute Gasteiger partial charge is 0.335 e. The molecule has 1 aromatic carbocycles. The van der Waals surface area contributed by atoms with Crippen LogP contribution in [0.25, 0.3) is 0 Å². The Morgan fingerprint density at radius 1 is 1.23 bits per heavy atom. The van der Waals surface area contributed by atoms with Gasteiger partial charge in [-0.25, -0.2) is 4.79 Å². The van der Waals surface area contributed by atoms with Gasteiger partial charge in [-0.1, -0.05) is 0 Å². The fraction of sp³-hybridized carbons (Fsp3) is 0.500. The highest BCUT2D eigenvalue weighted by molar-refractivity contribution is 5.98. The van der Waals surface area contributed by atoms with Crippen molar-refractivity contribution < 1.29 is 24.2 Å². The van der Waals surface area contributed by atoms with Gasteiger partial charge in [-0.05, 0) is 30.7 Å². The molecule has 6 nitrogen and oxygen atoms in total. The fourth-order valence-electron chi connectivity index (χ4n) is 3.06. The number of hydrogen-bond acceptors (Lipinski definition) is 4. The van der Waals surface area contributed by atoms with Crippen LogP contribution in [0.2, 0.25) is 0 Å². The van der Waals surface area contributed by atoms with E-state index >= 15 is 0 Å². The van der Waals surface area contributed by atoms with Gasteiger partial charge in [0.1, 0.15) is 5.60 Å². The maximum Gasteiger partial charge on any atom is 0.335 e. The Balaban J connectivity index is 1.82. The van der Waals surface area contributed by atoms with Gasteiger partial charge < -0.3 is 19.5 Å². The Morgan fingerprint density at radius 2 is 2.00 bits per heavy atom. The van der Waals surface area contributed by atoms with Crippen LogP contribution in [-0.2, 0) is 9.47 Å². The van der Waals surface area contributed by atoms with Crippen LogP contribution in [0, 0.1) is 6.92 Å². The third kappa shape index (κ3) is 2.84. The van der Waals surface area contributed by atoms with Gasteiger partial charge >= 0.3 is 5.97 Å². The van der Waals surface area contributed by atoms with E-state index in [0.717, 1.165) is 12.0 Å². The molecule has 0 aromatic heterocycles. The Kier molecular flexibility index (Phi) is 3.88. The maximum absolute atomic E-state index is 12.7. The van der Waals surface area contributed by atoms with Gasteiger partial charge in [0.2, 0.25) is 0 Å². The summed E-state index contributed by atoms with van der Waals surface area (Å²) >= 11 is 0. The van der Waals surface area contributed by atoms with Crippen molar-refractivity contribution in [2.24, 2.45) is 0 Å². The Bertz CT molecular complexity index is 607. The average Bonchev–Trinajstić information content (AvgIpc) is 2.93. The van der Waals surface area contributed by atoms with E-state index in [9.17, 15) is 9.59 Å². The molecule has 0 aliphatic carbocycles. The molecule has 1 spiro atoms. The van der Waals surface area contributed by atoms with Crippen LogP contribution in [0.15, 0.2) is 18.2 Å². The van der Waals surface area contributed by atoms with Crippen molar-refractivity contribution in [3.8, 4) is 0 Å². The van der Waals surface area contributed by atoms with Crippen LogP contribution < -0.4 is 0 Å². The van der Waals surface area contributed by atoms with Gasteiger partial charge in [0.05, 0.1) is 25.3 Å². The second-order valence-corrected chi connectivity index (χ2v) is 5.95. The molecule has 1 N–H and O–H groups in total. The van der Waals surface area contributed by atoms with Crippen molar-refractivity contribution in [1.82, 2.24) is 4.90 Å². The van der Waals surface area contributed by atoms with Gasteiger partial charge in [0, 0.05) is 25.1 Å². The Labute approximate surface area is 128 Å². The number of carboxylic acid groups (broad SMARTS) is 1. The zero-order valence-corrected chi connectivity index (χ0v) is 12.5. The molecule has 3 rings (SSSR count). The molecule has 0 bridgehead atoms. The molecule has 2 aliphatic rings. The summed E-state index contributed by atoms with van der Waals surface area (Å²) in [5.74, 6) is -1.18. The van der Waals surface area contributed by atoms with Crippen molar-refractivity contribution in [3.63, 3.8) is 0 Å². The lowest BCUT2D eigenvalue weighted by Crippen LogP contribution is -2.54. The van der Waals surface area contributed by atoms with E-state index in [1.165, 1.54) is 6.07 Å². The summed E-state index contributed by atoms with van der Waals surface area (Å²) in [6.07, 6.45) is 0.783. The highest BCUT2D eigenvalue weighted by Gasteiger charge is 2.41. The van der Waals surface area contributed by atoms with Gasteiger partial charge in [0.25, 0.3) is 5.91 Å². The first-order valence-electron chi connectivity index (χ1n) is 7.35. The van der Waals surface area contributed by atoms with Gasteiger partial charge in [-0.2, -0.15) is 0 Å². The SMILES string of the molecule is Cc1cc(C(=O)O)cc(C(=O)N2CCO[C@]3(CCOC3)C2)c1. The van der Waals surface area contributed by atoms with Gasteiger partial charge in [-0.3, -0.25) is 4.79 Å². The molecule has 0 radical (unpaired) electrons. The summed E-state index contributed by atoms with van der Waals surface area (Å²) < 4.78 is 11.2. The summed E-state index contributed by atoms with van der Waals surface area (Å²) in [6.45, 7) is 4.42. The second-order valence-electron chi connectivity index (χ2n) is 5.95. The zero-order valence-electron chi connectivity index (χ0n) is 12.5. The normalized spacial score (nSPS) is 24.7. The minimum Gasteiger partial charge on any atom is -0.478 e. The molecule has 2 saturated heterocycles. The molecule has 1 atom stereocenters. The van der Waals surface area contributed by atoms with E-state index in [0.29, 0.717) is 38.5 Å². The van der Waals surface area contributed by atoms with Crippen LogP contribution in [0.4, 0.5) is 0 Å². The number of ether oxygens (including phenoxy) is 2. The predicted molar refractivity (Wildman–Crippen MR) is 78.2 cm³/mol. The van der Waals surface area contributed by atoms with Crippen molar-refractivity contribution in [2.45, 2.75) is 18.9 Å². The molecule has 0 saturated carbocycles. The zero-order chi connectivity index (χ0) is 15.7. The monoisotopic (exact) mass is 305 g/mol. The number of benzene rings is 1. The highest BCUT2D eigenvalue weighted by atomic mass is 16.6. The maximum atomic E-state index is 12.7. The number of morpholine rings is 1. The van der Waals surface area contributed by atoms with E-state index in [2.05, 4.69) is 0 Å². The first kappa shape index (κ1) is 15.0. The number of carbonyl (C=O) groups excluding carboxylic acids is 1. The lowest BCUT2D eigenvalue weighted by molar-refractivity contribution is -0.0995. The molecular weight excluding hydrogens is 286 g/mol. The molecule has 2 fully saturated rings. The molecule has 1 amide bonds. The van der Waals surface area contributed by atoms with Gasteiger partial charge in [0.15, 0.2) is 0 Å². The molecule has 118 valence electrons. The average molecular weight is 305 g/mol. The quantitative estimate of drug-likeness (QED) is 0.892. The number of rotatable bonds is 2. The van der Waals surface area contributed by atoms with Crippen molar-refractivity contribution in [1.29, 1.82) is 0 Å². The minimum absolute atomic E-state index is 0.135. The summed E-state index contributed by atoms with van der Waals surface area (Å²) in [6, 6.07) is 4.72. The van der Waals surface area contributed by atoms with E-state index in [4.69, 9.17) is 14.6 Å². The van der Waals surface area contributed by atoms with E-state index in [1.807, 2.05) is 0 Å². The number of carbonyl (C=O) groups is 2. The molecular formula is C16H19NO5. The number of aryl methyl sites for hydroxylation is 1. The topological polar surface area (TPSA) is 76.1 Å². The molecule has 0 unspecified atom stereocenters. The minimum atomic E-state index is -1.03. The molecule has 22 heavy (non-hydrogen) atoms. The van der Waals surface area contributed by atoms with E-state index in [-0.39, 0.29) is 11.5 Å². The second kappa shape index (κ2) is 5.70. The summed E-state index contributed by atoms with van der Waals surface area (Å²) in [4.78, 5) is 25.6. The molecule has 6 heteroatoms. The standard InChI is InChI=1S/C16H19NO5/c1-11-6-12(8-13(7-11)15(19)20)14(18)17-3-5-22-16(9-17)2-4-21-10-16/h6-8H,2-5,9-10H2,1H3,(H,19,20)/t16-/m1/s1. The Morgan fingerprint density at radius 3 is 2.68 bits per heavy atom. The van der Waals surface area contributed by atoms with Crippen LogP contribution >= 0.6 is 0 Å². The Hall–Kier alpha value is -1.92. The van der Waals surface area contributed by atoms with Crippen LogP contribution in [0.3, 0.4) is 0 Å². The van der Waals surface area contributed by atoms with Crippen LogP contribution in [0.5, 0.6) is 0 Å². The van der Waals surface area contributed by atoms with E-state index in [1.54, 1.807) is 24.0 Å². The first-order valence-corrected chi connectivity index (χ1v) is 7.35. The van der Waals surface area contributed by atoms with Crippen molar-refractivity contribution in [3.05, 3.63) is 34.9 Å². The fourth-order valence-corrected chi connectivity index (χ4v) is 3.06. The number of carboxylic acids is 1. The predicted octanol–water partition coefficient (Wildman–Crippen LogP) is 1.32. The summed E-state index contributed by atoms with van der Waals surface area (Å²) in [5, 5.41) is 9.13. The largest absolute Gasteiger partial charge is 0.478 e.